The maximum absolute atomic E-state index is 12.3. The second kappa shape index (κ2) is 17.8. The summed E-state index contributed by atoms with van der Waals surface area (Å²) in [4.78, 5) is 12.3. The number of rotatable bonds is 19. The van der Waals surface area contributed by atoms with Crippen molar-refractivity contribution in [2.24, 2.45) is 0 Å². The molecule has 5 heteroatoms. The maximum Gasteiger partial charge on any atom is 0.244 e. The average molecular weight is 485 g/mol. The second-order valence-electron chi connectivity index (χ2n) is 8.79. The number of amides is 1. The number of nitrogens with zero attached hydrogens (tertiary/aromatic N) is 2. The van der Waals surface area contributed by atoms with E-state index in [2.05, 4.69) is 33.3 Å². The minimum Gasteiger partial charge on any atom is -0.354 e. The summed E-state index contributed by atoms with van der Waals surface area (Å²) in [6.07, 6.45) is 23.6. The van der Waals surface area contributed by atoms with E-state index in [0.29, 0.717) is 0 Å². The third-order valence-electron chi connectivity index (χ3n) is 6.06. The van der Waals surface area contributed by atoms with Crippen molar-refractivity contribution in [3.05, 3.63) is 16.4 Å². The van der Waals surface area contributed by atoms with Gasteiger partial charge in [0.15, 0.2) is 0 Å². The highest BCUT2D eigenvalue weighted by Gasteiger charge is 2.17. The maximum atomic E-state index is 12.3. The molecular formula is C25H46BrN3O. The van der Waals surface area contributed by atoms with Crippen LogP contribution in [0.25, 0.3) is 0 Å². The molecular weight excluding hydrogens is 438 g/mol. The minimum absolute atomic E-state index is 0.0506. The first-order valence-electron chi connectivity index (χ1n) is 12.5. The van der Waals surface area contributed by atoms with Crippen LogP contribution in [0.5, 0.6) is 0 Å². The summed E-state index contributed by atoms with van der Waals surface area (Å²) < 4.78 is 2.72. The van der Waals surface area contributed by atoms with Gasteiger partial charge in [-0.3, -0.25) is 9.48 Å². The molecule has 0 saturated heterocycles. The molecule has 1 aromatic heterocycles. The van der Waals surface area contributed by atoms with E-state index in [1.807, 2.05) is 13.8 Å². The molecule has 30 heavy (non-hydrogen) atoms. The SMILES string of the molecule is CCCCCCCCCCCCCCCCCCNC(=O)C(C)n1ncc(Br)c1C. The number of carbonyl (C=O) groups excluding carboxylic acids is 1. The molecule has 1 heterocycles. The summed E-state index contributed by atoms with van der Waals surface area (Å²) >= 11 is 3.45. The van der Waals surface area contributed by atoms with E-state index in [1.165, 1.54) is 96.3 Å². The molecule has 0 radical (unpaired) electrons. The third-order valence-corrected chi connectivity index (χ3v) is 6.84. The molecule has 4 nitrogen and oxygen atoms in total. The van der Waals surface area contributed by atoms with Gasteiger partial charge in [0.1, 0.15) is 6.04 Å². The Kier molecular flexibility index (Phi) is 16.1. The van der Waals surface area contributed by atoms with Gasteiger partial charge in [0.25, 0.3) is 0 Å². The van der Waals surface area contributed by atoms with Crippen LogP contribution >= 0.6 is 15.9 Å². The van der Waals surface area contributed by atoms with Gasteiger partial charge in [0, 0.05) is 6.54 Å². The van der Waals surface area contributed by atoms with Gasteiger partial charge >= 0.3 is 0 Å². The molecule has 0 bridgehead atoms. The quantitative estimate of drug-likeness (QED) is 0.203. The number of hydrogen-bond donors (Lipinski definition) is 1. The first kappa shape index (κ1) is 27.2. The van der Waals surface area contributed by atoms with Crippen molar-refractivity contribution >= 4 is 21.8 Å². The lowest BCUT2D eigenvalue weighted by molar-refractivity contribution is -0.124. The third kappa shape index (κ3) is 12.1. The van der Waals surface area contributed by atoms with Crippen LogP contribution in [0, 0.1) is 6.92 Å². The highest BCUT2D eigenvalue weighted by atomic mass is 79.9. The average Bonchev–Trinajstić information content (AvgIpc) is 3.08. The Balaban J connectivity index is 1.85. The molecule has 1 amide bonds. The molecule has 1 atom stereocenters. The van der Waals surface area contributed by atoms with Crippen LogP contribution in [-0.2, 0) is 4.79 Å². The monoisotopic (exact) mass is 483 g/mol. The Morgan fingerprint density at radius 3 is 1.73 bits per heavy atom. The highest BCUT2D eigenvalue weighted by molar-refractivity contribution is 9.10. The Morgan fingerprint density at radius 1 is 0.900 bits per heavy atom. The fourth-order valence-corrected chi connectivity index (χ4v) is 4.21. The number of unbranched alkanes of at least 4 members (excludes halogenated alkanes) is 15. The summed E-state index contributed by atoms with van der Waals surface area (Å²) in [6, 6.07) is -0.266. The molecule has 1 unspecified atom stereocenters. The predicted molar refractivity (Wildman–Crippen MR) is 132 cm³/mol. The molecule has 1 rings (SSSR count). The Hall–Kier alpha value is -0.840. The first-order chi connectivity index (χ1) is 14.6. The molecule has 0 aliphatic carbocycles. The van der Waals surface area contributed by atoms with Gasteiger partial charge in [-0.15, -0.1) is 0 Å². The summed E-state index contributed by atoms with van der Waals surface area (Å²) in [5.41, 5.74) is 0.986. The van der Waals surface area contributed by atoms with E-state index in [1.54, 1.807) is 10.9 Å². The second-order valence-corrected chi connectivity index (χ2v) is 9.65. The lowest BCUT2D eigenvalue weighted by Gasteiger charge is -2.14. The van der Waals surface area contributed by atoms with Crippen LogP contribution in [-0.4, -0.2) is 22.2 Å². The van der Waals surface area contributed by atoms with Crippen molar-refractivity contribution in [2.45, 2.75) is 130 Å². The van der Waals surface area contributed by atoms with Gasteiger partial charge in [0.2, 0.25) is 5.91 Å². The Labute approximate surface area is 194 Å². The smallest absolute Gasteiger partial charge is 0.244 e. The summed E-state index contributed by atoms with van der Waals surface area (Å²) in [5.74, 6) is 0.0506. The lowest BCUT2D eigenvalue weighted by atomic mass is 10.0. The molecule has 0 aliphatic rings. The number of halogens is 1. The van der Waals surface area contributed by atoms with Gasteiger partial charge in [0.05, 0.1) is 16.4 Å². The fraction of sp³-hybridized carbons (Fsp3) is 0.840. The minimum atomic E-state index is -0.266. The van der Waals surface area contributed by atoms with E-state index in [-0.39, 0.29) is 11.9 Å². The van der Waals surface area contributed by atoms with Gasteiger partial charge in [-0.1, -0.05) is 103 Å². The molecule has 174 valence electrons. The standard InChI is InChI=1S/C25H46BrN3O/c1-4-5-6-7-8-9-10-11-12-13-14-15-16-17-18-19-20-27-25(30)23(3)29-22(2)24(26)21-28-29/h21,23H,4-20H2,1-3H3,(H,27,30). The summed E-state index contributed by atoms with van der Waals surface area (Å²) in [7, 11) is 0. The molecule has 0 spiro atoms. The lowest BCUT2D eigenvalue weighted by Crippen LogP contribution is -2.32. The van der Waals surface area contributed by atoms with E-state index >= 15 is 0 Å². The molecule has 0 aliphatic heterocycles. The van der Waals surface area contributed by atoms with Crippen molar-refractivity contribution in [1.82, 2.24) is 15.1 Å². The van der Waals surface area contributed by atoms with Crippen molar-refractivity contribution in [2.75, 3.05) is 6.54 Å². The van der Waals surface area contributed by atoms with Crippen LogP contribution in [0.2, 0.25) is 0 Å². The van der Waals surface area contributed by atoms with Crippen LogP contribution < -0.4 is 5.32 Å². The molecule has 1 aromatic rings. The van der Waals surface area contributed by atoms with E-state index in [0.717, 1.165) is 23.1 Å². The zero-order chi connectivity index (χ0) is 22.0. The van der Waals surface area contributed by atoms with Crippen LogP contribution in [0.15, 0.2) is 10.7 Å². The van der Waals surface area contributed by atoms with Gasteiger partial charge < -0.3 is 5.32 Å². The van der Waals surface area contributed by atoms with Crippen LogP contribution in [0.1, 0.15) is 128 Å². The van der Waals surface area contributed by atoms with E-state index in [9.17, 15) is 4.79 Å². The normalized spacial score (nSPS) is 12.3. The number of carbonyl (C=O) groups is 1. The predicted octanol–water partition coefficient (Wildman–Crippen LogP) is 7.89. The summed E-state index contributed by atoms with van der Waals surface area (Å²) in [6.45, 7) is 6.92. The number of nitrogens with one attached hydrogen (secondary N) is 1. The van der Waals surface area contributed by atoms with Crippen molar-refractivity contribution < 1.29 is 4.79 Å². The molecule has 0 aromatic carbocycles. The van der Waals surface area contributed by atoms with Gasteiger partial charge in [-0.2, -0.15) is 5.10 Å². The Morgan fingerprint density at radius 2 is 1.33 bits per heavy atom. The zero-order valence-corrected chi connectivity index (χ0v) is 21.4. The molecule has 1 N–H and O–H groups in total. The van der Waals surface area contributed by atoms with Gasteiger partial charge in [-0.05, 0) is 36.2 Å². The van der Waals surface area contributed by atoms with E-state index < -0.39 is 0 Å². The van der Waals surface area contributed by atoms with Crippen molar-refractivity contribution in [3.8, 4) is 0 Å². The zero-order valence-electron chi connectivity index (χ0n) is 19.9. The van der Waals surface area contributed by atoms with E-state index in [4.69, 9.17) is 0 Å². The topological polar surface area (TPSA) is 46.9 Å². The number of hydrogen-bond acceptors (Lipinski definition) is 2. The largest absolute Gasteiger partial charge is 0.354 e. The van der Waals surface area contributed by atoms with Crippen LogP contribution in [0.4, 0.5) is 0 Å². The number of aromatic nitrogens is 2. The van der Waals surface area contributed by atoms with Gasteiger partial charge in [-0.25, -0.2) is 0 Å². The first-order valence-corrected chi connectivity index (χ1v) is 13.3. The van der Waals surface area contributed by atoms with Crippen LogP contribution in [0.3, 0.4) is 0 Å². The van der Waals surface area contributed by atoms with Crippen molar-refractivity contribution in [1.29, 1.82) is 0 Å². The van der Waals surface area contributed by atoms with Crippen molar-refractivity contribution in [3.63, 3.8) is 0 Å². The fourth-order valence-electron chi connectivity index (χ4n) is 3.94. The summed E-state index contributed by atoms with van der Waals surface area (Å²) in [5, 5.41) is 7.32. The molecule has 0 fully saturated rings. The Bertz CT molecular complexity index is 559. The highest BCUT2D eigenvalue weighted by Crippen LogP contribution is 2.18. The molecule has 0 saturated carbocycles.